The van der Waals surface area contributed by atoms with Crippen LogP contribution in [0.15, 0.2) is 12.3 Å². The Hall–Kier alpha value is -1.07. The van der Waals surface area contributed by atoms with Crippen molar-refractivity contribution in [2.75, 3.05) is 31.5 Å². The average Bonchev–Trinajstić information content (AvgIpc) is 2.94. The first-order valence-electron chi connectivity index (χ1n) is 7.06. The van der Waals surface area contributed by atoms with E-state index >= 15 is 0 Å². The van der Waals surface area contributed by atoms with Gasteiger partial charge < -0.3 is 16.0 Å². The van der Waals surface area contributed by atoms with Gasteiger partial charge in [0.15, 0.2) is 0 Å². The Morgan fingerprint density at radius 1 is 1.56 bits per heavy atom. The fourth-order valence-corrected chi connectivity index (χ4v) is 2.90. The minimum atomic E-state index is 0.285. The van der Waals surface area contributed by atoms with Crippen LogP contribution in [0.25, 0.3) is 0 Å². The zero-order valence-electron chi connectivity index (χ0n) is 11.1. The Morgan fingerprint density at radius 3 is 3.06 bits per heavy atom. The van der Waals surface area contributed by atoms with Crippen LogP contribution >= 0.6 is 0 Å². The normalized spacial score (nSPS) is 28.3. The van der Waals surface area contributed by atoms with Gasteiger partial charge in [0.1, 0.15) is 5.82 Å². The highest BCUT2D eigenvalue weighted by Gasteiger charge is 2.31. The first kappa shape index (κ1) is 12.0. The van der Waals surface area contributed by atoms with Crippen molar-refractivity contribution in [3.8, 4) is 0 Å². The van der Waals surface area contributed by atoms with E-state index in [9.17, 15) is 0 Å². The van der Waals surface area contributed by atoms with E-state index in [1.807, 2.05) is 6.20 Å². The summed E-state index contributed by atoms with van der Waals surface area (Å²) in [5.41, 5.74) is 0.285. The van der Waals surface area contributed by atoms with Crippen LogP contribution in [0.3, 0.4) is 0 Å². The van der Waals surface area contributed by atoms with Gasteiger partial charge in [0.25, 0.3) is 0 Å². The van der Waals surface area contributed by atoms with Gasteiger partial charge in [0, 0.05) is 31.2 Å². The standard InChI is InChI=1S/C13H23N5/c1-2-13(5-3-6-16-13)10-15-12-4-7-17-18(12)11-8-14-9-11/h4,7,11,14-16H,2-3,5-6,8-10H2,1H3. The van der Waals surface area contributed by atoms with Crippen molar-refractivity contribution in [2.45, 2.75) is 37.8 Å². The Balaban J connectivity index is 1.64. The lowest BCUT2D eigenvalue weighted by atomic mass is 9.94. The number of nitrogens with zero attached hydrogens (tertiary/aromatic N) is 2. The Kier molecular flexibility index (Phi) is 3.26. The summed E-state index contributed by atoms with van der Waals surface area (Å²) < 4.78 is 2.12. The lowest BCUT2D eigenvalue weighted by molar-refractivity contribution is 0.319. The van der Waals surface area contributed by atoms with Crippen LogP contribution in [-0.4, -0.2) is 41.5 Å². The van der Waals surface area contributed by atoms with E-state index in [4.69, 9.17) is 0 Å². The largest absolute Gasteiger partial charge is 0.368 e. The molecule has 5 nitrogen and oxygen atoms in total. The van der Waals surface area contributed by atoms with Gasteiger partial charge in [0.2, 0.25) is 0 Å². The quantitative estimate of drug-likeness (QED) is 0.728. The zero-order chi connectivity index (χ0) is 12.4. The average molecular weight is 249 g/mol. The molecule has 100 valence electrons. The van der Waals surface area contributed by atoms with E-state index in [1.165, 1.54) is 19.3 Å². The second kappa shape index (κ2) is 4.90. The Labute approximate surface area is 108 Å². The molecule has 1 aromatic heterocycles. The minimum absolute atomic E-state index is 0.285. The van der Waals surface area contributed by atoms with Gasteiger partial charge in [-0.15, -0.1) is 0 Å². The third-order valence-electron chi connectivity index (χ3n) is 4.39. The topological polar surface area (TPSA) is 53.9 Å². The highest BCUT2D eigenvalue weighted by Crippen LogP contribution is 2.24. The fraction of sp³-hybridized carbons (Fsp3) is 0.769. The molecule has 2 aliphatic heterocycles. The summed E-state index contributed by atoms with van der Waals surface area (Å²) in [6.07, 6.45) is 5.64. The van der Waals surface area contributed by atoms with Gasteiger partial charge in [-0.05, 0) is 25.8 Å². The summed E-state index contributed by atoms with van der Waals surface area (Å²) in [6, 6.07) is 2.60. The molecule has 3 rings (SSSR count). The van der Waals surface area contributed by atoms with E-state index in [-0.39, 0.29) is 5.54 Å². The van der Waals surface area contributed by atoms with E-state index in [1.54, 1.807) is 0 Å². The first-order valence-corrected chi connectivity index (χ1v) is 7.06. The number of hydrogen-bond donors (Lipinski definition) is 3. The molecular weight excluding hydrogens is 226 g/mol. The number of anilines is 1. The van der Waals surface area contributed by atoms with Crippen molar-refractivity contribution >= 4 is 5.82 Å². The molecule has 0 spiro atoms. The Morgan fingerprint density at radius 2 is 2.44 bits per heavy atom. The van der Waals surface area contributed by atoms with E-state index in [0.29, 0.717) is 6.04 Å². The monoisotopic (exact) mass is 249 g/mol. The van der Waals surface area contributed by atoms with Crippen LogP contribution in [0.1, 0.15) is 32.2 Å². The molecule has 0 bridgehead atoms. The van der Waals surface area contributed by atoms with Crippen LogP contribution in [0, 0.1) is 0 Å². The second-order valence-corrected chi connectivity index (χ2v) is 5.49. The summed E-state index contributed by atoms with van der Waals surface area (Å²) in [4.78, 5) is 0. The SMILES string of the molecule is CCC1(CNc2ccnn2C2CNC2)CCCN1. The molecule has 1 aromatic rings. The maximum atomic E-state index is 4.43. The zero-order valence-corrected chi connectivity index (χ0v) is 11.1. The summed E-state index contributed by atoms with van der Waals surface area (Å²) >= 11 is 0. The smallest absolute Gasteiger partial charge is 0.124 e. The van der Waals surface area contributed by atoms with Crippen molar-refractivity contribution in [3.05, 3.63) is 12.3 Å². The van der Waals surface area contributed by atoms with Gasteiger partial charge >= 0.3 is 0 Å². The van der Waals surface area contributed by atoms with E-state index in [2.05, 4.69) is 38.7 Å². The van der Waals surface area contributed by atoms with Crippen LogP contribution in [-0.2, 0) is 0 Å². The van der Waals surface area contributed by atoms with Gasteiger partial charge in [-0.25, -0.2) is 4.68 Å². The molecule has 1 unspecified atom stereocenters. The van der Waals surface area contributed by atoms with Crippen molar-refractivity contribution in [1.82, 2.24) is 20.4 Å². The van der Waals surface area contributed by atoms with Gasteiger partial charge in [0.05, 0.1) is 12.2 Å². The number of hydrogen-bond acceptors (Lipinski definition) is 4. The predicted molar refractivity (Wildman–Crippen MR) is 72.9 cm³/mol. The maximum absolute atomic E-state index is 4.43. The van der Waals surface area contributed by atoms with Gasteiger partial charge in [-0.3, -0.25) is 0 Å². The number of nitrogens with one attached hydrogen (secondary N) is 3. The minimum Gasteiger partial charge on any atom is -0.368 e. The third kappa shape index (κ3) is 2.12. The van der Waals surface area contributed by atoms with E-state index < -0.39 is 0 Å². The summed E-state index contributed by atoms with van der Waals surface area (Å²) in [6.45, 7) is 6.49. The summed E-state index contributed by atoms with van der Waals surface area (Å²) in [7, 11) is 0. The van der Waals surface area contributed by atoms with Crippen molar-refractivity contribution < 1.29 is 0 Å². The maximum Gasteiger partial charge on any atom is 0.124 e. The van der Waals surface area contributed by atoms with Gasteiger partial charge in [-0.2, -0.15) is 5.10 Å². The predicted octanol–water partition coefficient (Wildman–Crippen LogP) is 0.971. The third-order valence-corrected chi connectivity index (χ3v) is 4.39. The summed E-state index contributed by atoms with van der Waals surface area (Å²) in [5.74, 6) is 1.16. The molecular formula is C13H23N5. The van der Waals surface area contributed by atoms with Crippen molar-refractivity contribution in [3.63, 3.8) is 0 Å². The van der Waals surface area contributed by atoms with Crippen LogP contribution in [0.2, 0.25) is 0 Å². The molecule has 0 radical (unpaired) electrons. The molecule has 0 aromatic carbocycles. The van der Waals surface area contributed by atoms with Crippen molar-refractivity contribution in [1.29, 1.82) is 0 Å². The molecule has 3 heterocycles. The fourth-order valence-electron chi connectivity index (χ4n) is 2.90. The number of rotatable bonds is 5. The summed E-state index contributed by atoms with van der Waals surface area (Å²) in [5, 5.41) is 15.0. The molecule has 2 aliphatic rings. The first-order chi connectivity index (χ1) is 8.83. The second-order valence-electron chi connectivity index (χ2n) is 5.49. The number of aromatic nitrogens is 2. The molecule has 0 amide bonds. The lowest BCUT2D eigenvalue weighted by Crippen LogP contribution is -2.47. The molecule has 2 saturated heterocycles. The molecule has 1 atom stereocenters. The molecule has 0 aliphatic carbocycles. The molecule has 5 heteroatoms. The van der Waals surface area contributed by atoms with E-state index in [0.717, 1.165) is 32.0 Å². The Bertz CT molecular complexity index is 390. The highest BCUT2D eigenvalue weighted by atomic mass is 15.4. The van der Waals surface area contributed by atoms with Crippen LogP contribution in [0.5, 0.6) is 0 Å². The molecule has 3 N–H and O–H groups in total. The molecule has 18 heavy (non-hydrogen) atoms. The lowest BCUT2D eigenvalue weighted by Gasteiger charge is -2.32. The molecule has 2 fully saturated rings. The van der Waals surface area contributed by atoms with Gasteiger partial charge in [-0.1, -0.05) is 6.92 Å². The highest BCUT2D eigenvalue weighted by molar-refractivity contribution is 5.35. The molecule has 0 saturated carbocycles. The van der Waals surface area contributed by atoms with Crippen LogP contribution in [0.4, 0.5) is 5.82 Å². The van der Waals surface area contributed by atoms with Crippen LogP contribution < -0.4 is 16.0 Å². The van der Waals surface area contributed by atoms with Crippen molar-refractivity contribution in [2.24, 2.45) is 0 Å².